The molecule has 0 aliphatic carbocycles. The zero-order valence-electron chi connectivity index (χ0n) is 12.6. The molecule has 116 valence electrons. The van der Waals surface area contributed by atoms with E-state index in [2.05, 4.69) is 29.0 Å². The molecule has 0 saturated heterocycles. The maximum absolute atomic E-state index is 12.1. The highest BCUT2D eigenvalue weighted by Crippen LogP contribution is 2.18. The summed E-state index contributed by atoms with van der Waals surface area (Å²) in [5.41, 5.74) is 7.74. The van der Waals surface area contributed by atoms with E-state index >= 15 is 0 Å². The molecule has 1 atom stereocenters. The summed E-state index contributed by atoms with van der Waals surface area (Å²) >= 11 is 1.70. The van der Waals surface area contributed by atoms with Crippen molar-refractivity contribution in [2.24, 2.45) is 5.73 Å². The van der Waals surface area contributed by atoms with Crippen LogP contribution in [0.15, 0.2) is 35.7 Å². The molecule has 0 bridgehead atoms. The highest BCUT2D eigenvalue weighted by molar-refractivity contribution is 7.10. The molecule has 1 aromatic carbocycles. The quantitative estimate of drug-likeness (QED) is 0.764. The fourth-order valence-corrected chi connectivity index (χ4v) is 2.73. The van der Waals surface area contributed by atoms with Crippen LogP contribution in [0.1, 0.15) is 27.7 Å². The van der Waals surface area contributed by atoms with Crippen LogP contribution in [0.4, 0.5) is 5.69 Å². The molecule has 22 heavy (non-hydrogen) atoms. The topological polar surface area (TPSA) is 84.2 Å². The first-order chi connectivity index (χ1) is 10.5. The lowest BCUT2D eigenvalue weighted by molar-refractivity contribution is -0.119. The average molecular weight is 317 g/mol. The van der Waals surface area contributed by atoms with Gasteiger partial charge >= 0.3 is 0 Å². The molecule has 0 unspecified atom stereocenters. The van der Waals surface area contributed by atoms with Crippen molar-refractivity contribution >= 4 is 28.8 Å². The van der Waals surface area contributed by atoms with Crippen molar-refractivity contribution in [3.63, 3.8) is 0 Å². The molecule has 0 saturated carbocycles. The number of carbonyl (C=O) groups is 2. The molecular weight excluding hydrogens is 298 g/mol. The van der Waals surface area contributed by atoms with Crippen molar-refractivity contribution in [3.05, 3.63) is 51.7 Å². The number of nitrogens with one attached hydrogen (secondary N) is 2. The van der Waals surface area contributed by atoms with Gasteiger partial charge in [-0.25, -0.2) is 0 Å². The van der Waals surface area contributed by atoms with E-state index in [0.29, 0.717) is 12.1 Å². The third kappa shape index (κ3) is 4.08. The van der Waals surface area contributed by atoms with Gasteiger partial charge in [0.05, 0.1) is 0 Å². The summed E-state index contributed by atoms with van der Waals surface area (Å²) < 4.78 is 0. The van der Waals surface area contributed by atoms with Gasteiger partial charge in [0.2, 0.25) is 5.91 Å². The fraction of sp³-hybridized carbons (Fsp3) is 0.250. The standard InChI is InChI=1S/C16H19N3O2S/c1-10-6-7-22-14(10)9-18-13-5-3-4-12(8-13)16(21)19-11(2)15(17)20/h3-8,11,18H,9H2,1-2H3,(H2,17,20)(H,19,21)/t11-/m1/s1. The number of carbonyl (C=O) groups excluding carboxylic acids is 2. The summed E-state index contributed by atoms with van der Waals surface area (Å²) in [6.07, 6.45) is 0. The van der Waals surface area contributed by atoms with Crippen LogP contribution in [0.3, 0.4) is 0 Å². The molecular formula is C16H19N3O2S. The number of primary amides is 1. The summed E-state index contributed by atoms with van der Waals surface area (Å²) in [4.78, 5) is 24.3. The number of aryl methyl sites for hydroxylation is 1. The van der Waals surface area contributed by atoms with Crippen LogP contribution in [0, 0.1) is 6.92 Å². The molecule has 0 radical (unpaired) electrons. The molecule has 6 heteroatoms. The predicted molar refractivity (Wildman–Crippen MR) is 88.9 cm³/mol. The Morgan fingerprint density at radius 3 is 2.73 bits per heavy atom. The number of hydrogen-bond acceptors (Lipinski definition) is 4. The van der Waals surface area contributed by atoms with Crippen molar-refractivity contribution in [2.75, 3.05) is 5.32 Å². The highest BCUT2D eigenvalue weighted by atomic mass is 32.1. The molecule has 1 aromatic heterocycles. The number of amides is 2. The second kappa shape index (κ2) is 7.09. The molecule has 0 aliphatic heterocycles. The first-order valence-electron chi connectivity index (χ1n) is 6.94. The van der Waals surface area contributed by atoms with E-state index in [1.807, 2.05) is 6.07 Å². The molecule has 5 nitrogen and oxygen atoms in total. The number of nitrogens with two attached hydrogens (primary N) is 1. The summed E-state index contributed by atoms with van der Waals surface area (Å²) in [5.74, 6) is -0.877. The lowest BCUT2D eigenvalue weighted by Crippen LogP contribution is -2.42. The van der Waals surface area contributed by atoms with Crippen molar-refractivity contribution < 1.29 is 9.59 Å². The first kappa shape index (κ1) is 16.0. The zero-order valence-corrected chi connectivity index (χ0v) is 13.4. The Bertz CT molecular complexity index is 682. The van der Waals surface area contributed by atoms with E-state index in [-0.39, 0.29) is 5.91 Å². The van der Waals surface area contributed by atoms with Crippen LogP contribution in [-0.4, -0.2) is 17.9 Å². The van der Waals surface area contributed by atoms with Crippen LogP contribution in [0.2, 0.25) is 0 Å². The van der Waals surface area contributed by atoms with E-state index in [1.165, 1.54) is 10.4 Å². The summed E-state index contributed by atoms with van der Waals surface area (Å²) in [7, 11) is 0. The van der Waals surface area contributed by atoms with Gasteiger partial charge in [0.15, 0.2) is 0 Å². The van der Waals surface area contributed by atoms with Gasteiger partial charge in [-0.3, -0.25) is 9.59 Å². The average Bonchev–Trinajstić information content (AvgIpc) is 2.90. The molecule has 2 rings (SSSR count). The number of anilines is 1. The van der Waals surface area contributed by atoms with Crippen molar-refractivity contribution in [1.82, 2.24) is 5.32 Å². The second-order valence-corrected chi connectivity index (χ2v) is 6.06. The van der Waals surface area contributed by atoms with Gasteiger partial charge in [-0.2, -0.15) is 0 Å². The van der Waals surface area contributed by atoms with Gasteiger partial charge in [-0.1, -0.05) is 6.07 Å². The Kier molecular flexibility index (Phi) is 5.16. The number of hydrogen-bond donors (Lipinski definition) is 3. The lowest BCUT2D eigenvalue weighted by Gasteiger charge is -2.11. The Labute approximate surface area is 133 Å². The Hall–Kier alpha value is -2.34. The molecule has 0 fully saturated rings. The molecule has 0 aliphatic rings. The number of benzene rings is 1. The van der Waals surface area contributed by atoms with Gasteiger partial charge in [-0.05, 0) is 49.1 Å². The van der Waals surface area contributed by atoms with Gasteiger partial charge in [0.1, 0.15) is 6.04 Å². The van der Waals surface area contributed by atoms with E-state index in [4.69, 9.17) is 5.73 Å². The van der Waals surface area contributed by atoms with Gasteiger partial charge < -0.3 is 16.4 Å². The van der Waals surface area contributed by atoms with E-state index < -0.39 is 11.9 Å². The Morgan fingerprint density at radius 2 is 2.09 bits per heavy atom. The highest BCUT2D eigenvalue weighted by Gasteiger charge is 2.13. The summed E-state index contributed by atoms with van der Waals surface area (Å²) in [6.45, 7) is 4.34. The van der Waals surface area contributed by atoms with Crippen LogP contribution < -0.4 is 16.4 Å². The largest absolute Gasteiger partial charge is 0.380 e. The lowest BCUT2D eigenvalue weighted by atomic mass is 10.1. The first-order valence-corrected chi connectivity index (χ1v) is 7.82. The number of thiophene rings is 1. The minimum atomic E-state index is -0.696. The normalized spacial score (nSPS) is 11.7. The maximum Gasteiger partial charge on any atom is 0.251 e. The van der Waals surface area contributed by atoms with Gasteiger partial charge in [0, 0.05) is 22.7 Å². The molecule has 1 heterocycles. The van der Waals surface area contributed by atoms with Gasteiger partial charge in [-0.15, -0.1) is 11.3 Å². The maximum atomic E-state index is 12.1. The Morgan fingerprint density at radius 1 is 1.32 bits per heavy atom. The Balaban J connectivity index is 2.02. The second-order valence-electron chi connectivity index (χ2n) is 5.06. The van der Waals surface area contributed by atoms with E-state index in [1.54, 1.807) is 36.5 Å². The van der Waals surface area contributed by atoms with E-state index in [9.17, 15) is 9.59 Å². The minimum Gasteiger partial charge on any atom is -0.380 e. The third-order valence-corrected chi connectivity index (χ3v) is 4.34. The summed E-state index contributed by atoms with van der Waals surface area (Å²) in [6, 6.07) is 8.54. The monoisotopic (exact) mass is 317 g/mol. The summed E-state index contributed by atoms with van der Waals surface area (Å²) in [5, 5.41) is 7.92. The van der Waals surface area contributed by atoms with Crippen molar-refractivity contribution in [1.29, 1.82) is 0 Å². The third-order valence-electron chi connectivity index (χ3n) is 3.32. The van der Waals surface area contributed by atoms with Crippen molar-refractivity contribution in [2.45, 2.75) is 26.4 Å². The van der Waals surface area contributed by atoms with Crippen molar-refractivity contribution in [3.8, 4) is 0 Å². The number of rotatable bonds is 6. The zero-order chi connectivity index (χ0) is 16.1. The minimum absolute atomic E-state index is 0.317. The molecule has 4 N–H and O–H groups in total. The van der Waals surface area contributed by atoms with Crippen LogP contribution in [0.25, 0.3) is 0 Å². The van der Waals surface area contributed by atoms with Crippen LogP contribution in [-0.2, 0) is 11.3 Å². The molecule has 2 amide bonds. The predicted octanol–water partition coefficient (Wildman–Crippen LogP) is 2.27. The molecule has 2 aromatic rings. The van der Waals surface area contributed by atoms with Gasteiger partial charge in [0.25, 0.3) is 5.91 Å². The van der Waals surface area contributed by atoms with Crippen LogP contribution >= 0.6 is 11.3 Å². The SMILES string of the molecule is Cc1ccsc1CNc1cccc(C(=O)N[C@H](C)C(N)=O)c1. The van der Waals surface area contributed by atoms with Crippen LogP contribution in [0.5, 0.6) is 0 Å². The molecule has 0 spiro atoms. The van der Waals surface area contributed by atoms with E-state index in [0.717, 1.165) is 5.69 Å². The fourth-order valence-electron chi connectivity index (χ4n) is 1.89. The smallest absolute Gasteiger partial charge is 0.251 e.